The summed E-state index contributed by atoms with van der Waals surface area (Å²) in [6, 6.07) is 23.8. The zero-order valence-corrected chi connectivity index (χ0v) is 20.0. The molecule has 3 aromatic carbocycles. The van der Waals surface area contributed by atoms with E-state index in [4.69, 9.17) is 16.3 Å². The molecule has 4 rings (SSSR count). The van der Waals surface area contributed by atoms with E-state index in [-0.39, 0.29) is 5.91 Å². The predicted octanol–water partition coefficient (Wildman–Crippen LogP) is 5.59. The van der Waals surface area contributed by atoms with Gasteiger partial charge in [0.15, 0.2) is 11.0 Å². The lowest BCUT2D eigenvalue weighted by atomic mass is 10.2. The molecular formula is C25H20ClN5O2S. The Kier molecular flexibility index (Phi) is 7.16. The number of benzene rings is 3. The number of amides is 1. The van der Waals surface area contributed by atoms with E-state index in [0.717, 1.165) is 11.3 Å². The molecule has 9 heteroatoms. The Morgan fingerprint density at radius 2 is 1.79 bits per heavy atom. The third kappa shape index (κ3) is 4.91. The average molecular weight is 490 g/mol. The maximum atomic E-state index is 12.9. The molecule has 1 amide bonds. The smallest absolute Gasteiger partial charge is 0.237 e. The quantitative estimate of drug-likeness (QED) is 0.340. The first-order valence-corrected chi connectivity index (χ1v) is 11.6. The van der Waals surface area contributed by atoms with Gasteiger partial charge in [0.25, 0.3) is 0 Å². The van der Waals surface area contributed by atoms with Crippen molar-refractivity contribution in [3.8, 4) is 28.9 Å². The van der Waals surface area contributed by atoms with Gasteiger partial charge in [-0.2, -0.15) is 5.26 Å². The van der Waals surface area contributed by atoms with Crippen LogP contribution in [0.1, 0.15) is 12.5 Å². The van der Waals surface area contributed by atoms with E-state index in [1.807, 2.05) is 47.0 Å². The summed E-state index contributed by atoms with van der Waals surface area (Å²) in [6.07, 6.45) is 0. The van der Waals surface area contributed by atoms with Gasteiger partial charge in [-0.15, -0.1) is 10.2 Å². The van der Waals surface area contributed by atoms with Crippen LogP contribution in [-0.4, -0.2) is 33.0 Å². The van der Waals surface area contributed by atoms with E-state index in [0.29, 0.717) is 33.0 Å². The number of hydrogen-bond acceptors (Lipinski definition) is 6. The van der Waals surface area contributed by atoms with Crippen LogP contribution in [0.15, 0.2) is 78.0 Å². The number of aromatic nitrogens is 3. The monoisotopic (exact) mass is 489 g/mol. The highest BCUT2D eigenvalue weighted by Gasteiger charge is 2.23. The van der Waals surface area contributed by atoms with Crippen LogP contribution in [0, 0.1) is 11.3 Å². The number of thioether (sulfide) groups is 1. The summed E-state index contributed by atoms with van der Waals surface area (Å²) in [5.41, 5.74) is 2.39. The Labute approximate surface area is 206 Å². The van der Waals surface area contributed by atoms with Gasteiger partial charge in [0.2, 0.25) is 5.91 Å². The number of nitriles is 1. The molecule has 1 heterocycles. The van der Waals surface area contributed by atoms with Crippen molar-refractivity contribution >= 4 is 35.0 Å². The molecule has 4 aromatic rings. The van der Waals surface area contributed by atoms with Crippen molar-refractivity contribution in [3.63, 3.8) is 0 Å². The Balaban J connectivity index is 1.68. The van der Waals surface area contributed by atoms with Crippen molar-refractivity contribution < 1.29 is 9.53 Å². The molecule has 1 aromatic heterocycles. The molecular weight excluding hydrogens is 470 g/mol. The highest BCUT2D eigenvalue weighted by molar-refractivity contribution is 8.00. The lowest BCUT2D eigenvalue weighted by Crippen LogP contribution is -2.23. The molecule has 0 aliphatic rings. The summed E-state index contributed by atoms with van der Waals surface area (Å²) in [5.74, 6) is 1.02. The standard InChI is InChI=1S/C25H20ClN5O2S/c1-16(24(32)28-22-10-6-3-7-17(22)15-27)34-25-30-29-23(20-8-4-5-9-21(20)26)31(25)18-11-13-19(33-2)14-12-18/h3-14,16H,1-2H3,(H,28,32). The number of carbonyl (C=O) groups is 1. The summed E-state index contributed by atoms with van der Waals surface area (Å²) in [7, 11) is 1.61. The first-order valence-electron chi connectivity index (χ1n) is 10.3. The summed E-state index contributed by atoms with van der Waals surface area (Å²) < 4.78 is 7.14. The normalized spacial score (nSPS) is 11.5. The zero-order valence-electron chi connectivity index (χ0n) is 18.4. The Hall–Kier alpha value is -3.80. The summed E-state index contributed by atoms with van der Waals surface area (Å²) >= 11 is 7.71. The van der Waals surface area contributed by atoms with Crippen molar-refractivity contribution in [2.24, 2.45) is 0 Å². The largest absolute Gasteiger partial charge is 0.497 e. The van der Waals surface area contributed by atoms with Crippen molar-refractivity contribution in [3.05, 3.63) is 83.4 Å². The molecule has 1 unspecified atom stereocenters. The second-order valence-corrected chi connectivity index (χ2v) is 8.94. The molecule has 170 valence electrons. The van der Waals surface area contributed by atoms with Crippen LogP contribution >= 0.6 is 23.4 Å². The molecule has 0 saturated heterocycles. The topological polar surface area (TPSA) is 92.8 Å². The van der Waals surface area contributed by atoms with E-state index in [9.17, 15) is 10.1 Å². The highest BCUT2D eigenvalue weighted by atomic mass is 35.5. The molecule has 0 bridgehead atoms. The highest BCUT2D eigenvalue weighted by Crippen LogP contribution is 2.34. The number of anilines is 1. The lowest BCUT2D eigenvalue weighted by Gasteiger charge is -2.15. The molecule has 0 radical (unpaired) electrons. The van der Waals surface area contributed by atoms with Crippen LogP contribution in [0.2, 0.25) is 5.02 Å². The van der Waals surface area contributed by atoms with Gasteiger partial charge in [0, 0.05) is 11.3 Å². The minimum absolute atomic E-state index is 0.253. The van der Waals surface area contributed by atoms with Gasteiger partial charge >= 0.3 is 0 Å². The molecule has 0 spiro atoms. The van der Waals surface area contributed by atoms with Crippen LogP contribution in [0.25, 0.3) is 17.1 Å². The molecule has 34 heavy (non-hydrogen) atoms. The van der Waals surface area contributed by atoms with Gasteiger partial charge in [0.1, 0.15) is 11.8 Å². The lowest BCUT2D eigenvalue weighted by molar-refractivity contribution is -0.115. The van der Waals surface area contributed by atoms with Gasteiger partial charge in [-0.25, -0.2) is 0 Å². The van der Waals surface area contributed by atoms with Gasteiger partial charge in [0.05, 0.1) is 28.6 Å². The van der Waals surface area contributed by atoms with Gasteiger partial charge < -0.3 is 10.1 Å². The van der Waals surface area contributed by atoms with Crippen LogP contribution in [0.5, 0.6) is 5.75 Å². The van der Waals surface area contributed by atoms with E-state index in [1.165, 1.54) is 11.8 Å². The molecule has 0 aliphatic heterocycles. The Morgan fingerprint density at radius 1 is 1.09 bits per heavy atom. The fourth-order valence-electron chi connectivity index (χ4n) is 3.26. The molecule has 1 N–H and O–H groups in total. The Morgan fingerprint density at radius 3 is 2.50 bits per heavy atom. The third-order valence-electron chi connectivity index (χ3n) is 5.04. The zero-order chi connectivity index (χ0) is 24.1. The molecule has 0 saturated carbocycles. The first kappa shape index (κ1) is 23.4. The first-order chi connectivity index (χ1) is 16.5. The number of ether oxygens (including phenoxy) is 1. The maximum absolute atomic E-state index is 12.9. The fraction of sp³-hybridized carbons (Fsp3) is 0.120. The van der Waals surface area contributed by atoms with Crippen molar-refractivity contribution in [2.45, 2.75) is 17.3 Å². The average Bonchev–Trinajstić information content (AvgIpc) is 3.27. The van der Waals surface area contributed by atoms with E-state index < -0.39 is 5.25 Å². The van der Waals surface area contributed by atoms with Crippen LogP contribution in [-0.2, 0) is 4.79 Å². The summed E-state index contributed by atoms with van der Waals surface area (Å²) in [6.45, 7) is 1.77. The second kappa shape index (κ2) is 10.4. The summed E-state index contributed by atoms with van der Waals surface area (Å²) in [4.78, 5) is 12.9. The third-order valence-corrected chi connectivity index (χ3v) is 6.41. The van der Waals surface area contributed by atoms with E-state index in [1.54, 1.807) is 44.4 Å². The van der Waals surface area contributed by atoms with Gasteiger partial charge in [-0.05, 0) is 55.5 Å². The van der Waals surface area contributed by atoms with E-state index in [2.05, 4.69) is 21.6 Å². The van der Waals surface area contributed by atoms with Crippen molar-refractivity contribution in [1.29, 1.82) is 5.26 Å². The number of halogens is 1. The van der Waals surface area contributed by atoms with Gasteiger partial charge in [-0.1, -0.05) is 47.6 Å². The van der Waals surface area contributed by atoms with Crippen molar-refractivity contribution in [2.75, 3.05) is 12.4 Å². The number of nitrogens with zero attached hydrogens (tertiary/aromatic N) is 4. The number of rotatable bonds is 7. The van der Waals surface area contributed by atoms with Crippen LogP contribution < -0.4 is 10.1 Å². The van der Waals surface area contributed by atoms with Crippen LogP contribution in [0.4, 0.5) is 5.69 Å². The molecule has 1 atom stereocenters. The second-order valence-electron chi connectivity index (χ2n) is 7.23. The predicted molar refractivity (Wildman–Crippen MR) is 133 cm³/mol. The van der Waals surface area contributed by atoms with Gasteiger partial charge in [-0.3, -0.25) is 9.36 Å². The Bertz CT molecular complexity index is 1360. The minimum atomic E-state index is -0.521. The minimum Gasteiger partial charge on any atom is -0.497 e. The summed E-state index contributed by atoms with van der Waals surface area (Å²) in [5, 5.41) is 21.4. The molecule has 0 fully saturated rings. The van der Waals surface area contributed by atoms with Crippen molar-refractivity contribution in [1.82, 2.24) is 14.8 Å². The fourth-order valence-corrected chi connectivity index (χ4v) is 4.35. The van der Waals surface area contributed by atoms with Crippen LogP contribution in [0.3, 0.4) is 0 Å². The van der Waals surface area contributed by atoms with E-state index >= 15 is 0 Å². The molecule has 7 nitrogen and oxygen atoms in total. The molecule has 0 aliphatic carbocycles. The maximum Gasteiger partial charge on any atom is 0.237 e. The number of hydrogen-bond donors (Lipinski definition) is 1. The number of nitrogens with one attached hydrogen (secondary N) is 1. The number of carbonyl (C=O) groups excluding carboxylic acids is 1. The SMILES string of the molecule is COc1ccc(-n2c(SC(C)C(=O)Nc3ccccc3C#N)nnc2-c2ccccc2Cl)cc1. The number of methoxy groups -OCH3 is 1. The number of para-hydroxylation sites is 1.